The molecule has 6 heteroatoms. The van der Waals surface area contributed by atoms with Crippen LogP contribution in [0.2, 0.25) is 0 Å². The van der Waals surface area contributed by atoms with Gasteiger partial charge in [0.1, 0.15) is 11.7 Å². The molecule has 0 radical (unpaired) electrons. The van der Waals surface area contributed by atoms with Crippen LogP contribution in [0.25, 0.3) is 0 Å². The number of benzene rings is 1. The Morgan fingerprint density at radius 3 is 2.60 bits per heavy atom. The summed E-state index contributed by atoms with van der Waals surface area (Å²) >= 11 is 0. The molecule has 0 bridgehead atoms. The van der Waals surface area contributed by atoms with Crippen molar-refractivity contribution in [2.24, 2.45) is 11.8 Å². The van der Waals surface area contributed by atoms with Crippen LogP contribution in [0.4, 0.5) is 9.18 Å². The van der Waals surface area contributed by atoms with Crippen molar-refractivity contribution in [1.82, 2.24) is 10.2 Å². The zero-order valence-corrected chi connectivity index (χ0v) is 11.2. The number of hydrogen-bond donors (Lipinski definition) is 1. The van der Waals surface area contributed by atoms with Crippen LogP contribution in [0.1, 0.15) is 19.4 Å². The Hall–Kier alpha value is -2.24. The number of nitrogens with zero attached hydrogens (tertiary/aromatic N) is 1. The molecule has 1 saturated heterocycles. The van der Waals surface area contributed by atoms with Crippen molar-refractivity contribution in [2.75, 3.05) is 0 Å². The molecule has 0 spiro atoms. The zero-order chi connectivity index (χ0) is 14.9. The number of urea groups is 1. The number of hydrogen-bond acceptors (Lipinski definition) is 3. The van der Waals surface area contributed by atoms with E-state index in [0.29, 0.717) is 5.56 Å². The van der Waals surface area contributed by atoms with Gasteiger partial charge in [0, 0.05) is 0 Å². The second-order valence-corrected chi connectivity index (χ2v) is 5.07. The Morgan fingerprint density at radius 1 is 1.30 bits per heavy atom. The fourth-order valence-corrected chi connectivity index (χ4v) is 2.19. The largest absolute Gasteiger partial charge is 0.331 e. The summed E-state index contributed by atoms with van der Waals surface area (Å²) in [6.45, 7) is 3.41. The van der Waals surface area contributed by atoms with Gasteiger partial charge in [-0.05, 0) is 23.6 Å². The molecule has 1 aliphatic heterocycles. The van der Waals surface area contributed by atoms with Gasteiger partial charge < -0.3 is 0 Å². The molecule has 2 rings (SSSR count). The minimum atomic E-state index is -0.888. The number of carbonyl (C=O) groups excluding carboxylic acids is 3. The molecule has 4 amide bonds. The highest BCUT2D eigenvalue weighted by Gasteiger charge is 2.41. The molecular weight excluding hydrogens is 263 g/mol. The van der Waals surface area contributed by atoms with E-state index < -0.39 is 29.6 Å². The summed E-state index contributed by atoms with van der Waals surface area (Å²) in [5.41, 5.74) is 0.491. The lowest BCUT2D eigenvalue weighted by Gasteiger charge is -2.31. The highest BCUT2D eigenvalue weighted by atomic mass is 19.1. The lowest BCUT2D eigenvalue weighted by atomic mass is 9.92. The summed E-state index contributed by atoms with van der Waals surface area (Å²) in [7, 11) is 0. The number of carbonyl (C=O) groups is 3. The highest BCUT2D eigenvalue weighted by Crippen LogP contribution is 2.20. The third kappa shape index (κ3) is 2.68. The normalized spacial score (nSPS) is 19.5. The van der Waals surface area contributed by atoms with Gasteiger partial charge in [0.25, 0.3) is 0 Å². The van der Waals surface area contributed by atoms with Gasteiger partial charge in [-0.2, -0.15) is 0 Å². The molecule has 5 nitrogen and oxygen atoms in total. The van der Waals surface area contributed by atoms with Gasteiger partial charge in [-0.25, -0.2) is 9.18 Å². The molecule has 1 N–H and O–H groups in total. The highest BCUT2D eigenvalue weighted by molar-refractivity contribution is 6.16. The quantitative estimate of drug-likeness (QED) is 0.855. The first-order chi connectivity index (χ1) is 9.40. The number of rotatable bonds is 3. The molecule has 0 aliphatic carbocycles. The van der Waals surface area contributed by atoms with Crippen molar-refractivity contribution >= 4 is 17.8 Å². The molecule has 0 saturated carbocycles. The standard InChI is InChI=1S/C14H15FN2O3/c1-8(2)11-12(18)16-14(20)17(13(11)19)7-9-4-3-5-10(15)6-9/h3-6,8,11H,7H2,1-2H3,(H,16,18,20). The van der Waals surface area contributed by atoms with Gasteiger partial charge in [0.15, 0.2) is 0 Å². The van der Waals surface area contributed by atoms with Crippen LogP contribution in [0.5, 0.6) is 0 Å². The van der Waals surface area contributed by atoms with Gasteiger partial charge in [-0.3, -0.25) is 19.8 Å². The van der Waals surface area contributed by atoms with Crippen molar-refractivity contribution in [3.8, 4) is 0 Å². The number of halogens is 1. The third-order valence-corrected chi connectivity index (χ3v) is 3.19. The van der Waals surface area contributed by atoms with E-state index in [1.165, 1.54) is 18.2 Å². The Bertz CT molecular complexity index is 571. The molecule has 0 aromatic heterocycles. The topological polar surface area (TPSA) is 66.5 Å². The molecule has 1 aromatic rings. The first kappa shape index (κ1) is 14.2. The van der Waals surface area contributed by atoms with Gasteiger partial charge in [-0.1, -0.05) is 26.0 Å². The zero-order valence-electron chi connectivity index (χ0n) is 11.2. The molecule has 20 heavy (non-hydrogen) atoms. The summed E-state index contributed by atoms with van der Waals surface area (Å²) in [6.07, 6.45) is 0. The molecule has 1 aliphatic rings. The fourth-order valence-electron chi connectivity index (χ4n) is 2.19. The minimum Gasteiger partial charge on any atom is -0.277 e. The Balaban J connectivity index is 2.24. The summed E-state index contributed by atoms with van der Waals surface area (Å²) in [6, 6.07) is 4.89. The van der Waals surface area contributed by atoms with Crippen LogP contribution in [-0.2, 0) is 16.1 Å². The number of imide groups is 2. The number of barbiturate groups is 1. The first-order valence-corrected chi connectivity index (χ1v) is 6.31. The van der Waals surface area contributed by atoms with E-state index in [2.05, 4.69) is 5.32 Å². The van der Waals surface area contributed by atoms with Crippen LogP contribution >= 0.6 is 0 Å². The van der Waals surface area contributed by atoms with Crippen LogP contribution in [0, 0.1) is 17.7 Å². The third-order valence-electron chi connectivity index (χ3n) is 3.19. The summed E-state index contributed by atoms with van der Waals surface area (Å²) in [5, 5.41) is 2.16. The monoisotopic (exact) mass is 278 g/mol. The Morgan fingerprint density at radius 2 is 2.00 bits per heavy atom. The molecule has 1 atom stereocenters. The van der Waals surface area contributed by atoms with Crippen molar-refractivity contribution in [3.05, 3.63) is 35.6 Å². The number of amides is 4. The van der Waals surface area contributed by atoms with E-state index in [4.69, 9.17) is 0 Å². The van der Waals surface area contributed by atoms with Crippen LogP contribution in [0.15, 0.2) is 24.3 Å². The fraction of sp³-hybridized carbons (Fsp3) is 0.357. The Labute approximate surface area is 115 Å². The van der Waals surface area contributed by atoms with Crippen LogP contribution in [0.3, 0.4) is 0 Å². The lowest BCUT2D eigenvalue weighted by molar-refractivity contribution is -0.144. The van der Waals surface area contributed by atoms with E-state index in [9.17, 15) is 18.8 Å². The van der Waals surface area contributed by atoms with Crippen LogP contribution in [-0.4, -0.2) is 22.7 Å². The molecular formula is C14H15FN2O3. The van der Waals surface area contributed by atoms with Gasteiger partial charge in [0.05, 0.1) is 6.54 Å². The molecule has 106 valence electrons. The van der Waals surface area contributed by atoms with E-state index in [-0.39, 0.29) is 12.5 Å². The van der Waals surface area contributed by atoms with Gasteiger partial charge in [0.2, 0.25) is 11.8 Å². The maximum absolute atomic E-state index is 13.1. The summed E-state index contributed by atoms with van der Waals surface area (Å²) in [5.74, 6) is -2.67. The van der Waals surface area contributed by atoms with Gasteiger partial charge >= 0.3 is 6.03 Å². The van der Waals surface area contributed by atoms with E-state index in [0.717, 1.165) is 4.90 Å². The van der Waals surface area contributed by atoms with E-state index in [1.54, 1.807) is 19.9 Å². The Kier molecular flexibility index (Phi) is 3.83. The first-order valence-electron chi connectivity index (χ1n) is 6.31. The van der Waals surface area contributed by atoms with Crippen molar-refractivity contribution in [2.45, 2.75) is 20.4 Å². The smallest absolute Gasteiger partial charge is 0.277 e. The summed E-state index contributed by atoms with van der Waals surface area (Å²) < 4.78 is 13.1. The van der Waals surface area contributed by atoms with Crippen molar-refractivity contribution in [3.63, 3.8) is 0 Å². The van der Waals surface area contributed by atoms with Crippen LogP contribution < -0.4 is 5.32 Å². The van der Waals surface area contributed by atoms with E-state index in [1.807, 2.05) is 0 Å². The molecule has 1 heterocycles. The molecule has 1 unspecified atom stereocenters. The SMILES string of the molecule is CC(C)C1C(=O)NC(=O)N(Cc2cccc(F)c2)C1=O. The maximum Gasteiger partial charge on any atom is 0.331 e. The summed E-state index contributed by atoms with van der Waals surface area (Å²) in [4.78, 5) is 36.6. The second kappa shape index (κ2) is 5.40. The van der Waals surface area contributed by atoms with E-state index >= 15 is 0 Å². The lowest BCUT2D eigenvalue weighted by Crippen LogP contribution is -2.58. The average molecular weight is 278 g/mol. The van der Waals surface area contributed by atoms with Crippen molar-refractivity contribution in [1.29, 1.82) is 0 Å². The molecule has 1 fully saturated rings. The average Bonchev–Trinajstić information content (AvgIpc) is 2.33. The number of nitrogens with one attached hydrogen (secondary N) is 1. The predicted molar refractivity (Wildman–Crippen MR) is 68.8 cm³/mol. The second-order valence-electron chi connectivity index (χ2n) is 5.07. The van der Waals surface area contributed by atoms with Gasteiger partial charge in [-0.15, -0.1) is 0 Å². The predicted octanol–water partition coefficient (Wildman–Crippen LogP) is 1.68. The minimum absolute atomic E-state index is 0.0566. The van der Waals surface area contributed by atoms with Crippen molar-refractivity contribution < 1.29 is 18.8 Å². The maximum atomic E-state index is 13.1. The molecule has 1 aromatic carbocycles.